The van der Waals surface area contributed by atoms with Crippen molar-refractivity contribution in [2.75, 3.05) is 13.6 Å². The van der Waals surface area contributed by atoms with Crippen LogP contribution in [0.5, 0.6) is 0 Å². The van der Waals surface area contributed by atoms with Gasteiger partial charge in [0.1, 0.15) is 5.54 Å². The Kier molecular flexibility index (Phi) is 3.55. The molecule has 0 bridgehead atoms. The highest BCUT2D eigenvalue weighted by atomic mass is 16.2. The molecule has 0 fully saturated rings. The number of urea groups is 1. The molecule has 0 atom stereocenters. The van der Waals surface area contributed by atoms with Gasteiger partial charge in [-0.3, -0.25) is 0 Å². The van der Waals surface area contributed by atoms with Gasteiger partial charge in [0.2, 0.25) is 0 Å². The van der Waals surface area contributed by atoms with Gasteiger partial charge in [-0.05, 0) is 20.8 Å². The van der Waals surface area contributed by atoms with Crippen LogP contribution in [-0.4, -0.2) is 30.1 Å². The first-order valence-corrected chi connectivity index (χ1v) is 3.87. The fourth-order valence-corrected chi connectivity index (χ4v) is 0.534. The van der Waals surface area contributed by atoms with Gasteiger partial charge in [-0.15, -0.1) is 0 Å². The summed E-state index contributed by atoms with van der Waals surface area (Å²) in [6.45, 7) is 5.83. The largest absolute Gasteiger partial charge is 0.328 e. The third-order valence-corrected chi connectivity index (χ3v) is 1.52. The van der Waals surface area contributed by atoms with Gasteiger partial charge in [-0.1, -0.05) is 0 Å². The molecular formula is C8H15N3O. The summed E-state index contributed by atoms with van der Waals surface area (Å²) in [7, 11) is 1.68. The second kappa shape index (κ2) is 3.96. The maximum Gasteiger partial charge on any atom is 0.318 e. The highest BCUT2D eigenvalue weighted by Gasteiger charge is 2.20. The van der Waals surface area contributed by atoms with Gasteiger partial charge in [-0.25, -0.2) is 4.79 Å². The standard InChI is InChI=1S/C8H15N3O/c1-5-11(4)7(12)10-8(2,3)6-9/h5H2,1-4H3,(H,10,12). The van der Waals surface area contributed by atoms with Crippen LogP contribution in [0.3, 0.4) is 0 Å². The number of hydrogen-bond acceptors (Lipinski definition) is 2. The van der Waals surface area contributed by atoms with Crippen molar-refractivity contribution in [3.8, 4) is 6.07 Å². The topological polar surface area (TPSA) is 56.1 Å². The van der Waals surface area contributed by atoms with Gasteiger partial charge in [0.05, 0.1) is 6.07 Å². The molecule has 0 radical (unpaired) electrons. The smallest absolute Gasteiger partial charge is 0.318 e. The van der Waals surface area contributed by atoms with E-state index < -0.39 is 5.54 Å². The molecule has 0 saturated heterocycles. The van der Waals surface area contributed by atoms with E-state index in [1.165, 1.54) is 4.90 Å². The van der Waals surface area contributed by atoms with Gasteiger partial charge in [0, 0.05) is 13.6 Å². The molecule has 0 spiro atoms. The number of amides is 2. The number of nitrogens with one attached hydrogen (secondary N) is 1. The summed E-state index contributed by atoms with van der Waals surface area (Å²) in [6.07, 6.45) is 0. The van der Waals surface area contributed by atoms with Crippen LogP contribution in [0, 0.1) is 11.3 Å². The van der Waals surface area contributed by atoms with Crippen molar-refractivity contribution in [1.82, 2.24) is 10.2 Å². The lowest BCUT2D eigenvalue weighted by Crippen LogP contribution is -2.47. The molecule has 4 heteroatoms. The van der Waals surface area contributed by atoms with E-state index in [0.717, 1.165) is 0 Å². The fraction of sp³-hybridized carbons (Fsp3) is 0.750. The molecule has 12 heavy (non-hydrogen) atoms. The van der Waals surface area contributed by atoms with Gasteiger partial charge < -0.3 is 10.2 Å². The van der Waals surface area contributed by atoms with Gasteiger partial charge in [0.15, 0.2) is 0 Å². The van der Waals surface area contributed by atoms with Crippen LogP contribution in [0.1, 0.15) is 20.8 Å². The summed E-state index contributed by atoms with van der Waals surface area (Å²) >= 11 is 0. The molecular weight excluding hydrogens is 154 g/mol. The van der Waals surface area contributed by atoms with E-state index in [0.29, 0.717) is 6.54 Å². The van der Waals surface area contributed by atoms with Crippen LogP contribution >= 0.6 is 0 Å². The molecule has 0 aliphatic rings. The molecule has 0 saturated carbocycles. The summed E-state index contributed by atoms with van der Waals surface area (Å²) < 4.78 is 0. The maximum atomic E-state index is 11.2. The quantitative estimate of drug-likeness (QED) is 0.669. The Morgan fingerprint density at radius 2 is 2.17 bits per heavy atom. The minimum absolute atomic E-state index is 0.218. The summed E-state index contributed by atoms with van der Waals surface area (Å²) in [5.74, 6) is 0. The van der Waals surface area contributed by atoms with Crippen LogP contribution in [0.15, 0.2) is 0 Å². The molecule has 68 valence electrons. The molecule has 0 rings (SSSR count). The van der Waals surface area contributed by atoms with Crippen molar-refractivity contribution in [3.05, 3.63) is 0 Å². The Morgan fingerprint density at radius 3 is 2.50 bits per heavy atom. The van der Waals surface area contributed by atoms with Crippen molar-refractivity contribution in [3.63, 3.8) is 0 Å². The van der Waals surface area contributed by atoms with Crippen LogP contribution in [-0.2, 0) is 0 Å². The Balaban J connectivity index is 4.12. The van der Waals surface area contributed by atoms with Crippen molar-refractivity contribution in [2.45, 2.75) is 26.3 Å². The second-order valence-electron chi connectivity index (χ2n) is 3.18. The third kappa shape index (κ3) is 3.24. The van der Waals surface area contributed by atoms with E-state index >= 15 is 0 Å². The zero-order chi connectivity index (χ0) is 9.78. The number of nitriles is 1. The lowest BCUT2D eigenvalue weighted by molar-refractivity contribution is 0.204. The number of carbonyl (C=O) groups is 1. The van der Waals surface area contributed by atoms with E-state index in [1.54, 1.807) is 20.9 Å². The highest BCUT2D eigenvalue weighted by Crippen LogP contribution is 1.99. The first-order chi connectivity index (χ1) is 5.43. The number of rotatable bonds is 2. The van der Waals surface area contributed by atoms with Crippen molar-refractivity contribution >= 4 is 6.03 Å². The molecule has 0 heterocycles. The van der Waals surface area contributed by atoms with E-state index in [-0.39, 0.29) is 6.03 Å². The molecule has 4 nitrogen and oxygen atoms in total. The summed E-state index contributed by atoms with van der Waals surface area (Å²) in [5, 5.41) is 11.2. The normalized spacial score (nSPS) is 10.2. The van der Waals surface area contributed by atoms with E-state index in [4.69, 9.17) is 5.26 Å². The number of hydrogen-bond donors (Lipinski definition) is 1. The molecule has 0 unspecified atom stereocenters. The lowest BCUT2D eigenvalue weighted by Gasteiger charge is -2.22. The van der Waals surface area contributed by atoms with Crippen molar-refractivity contribution in [1.29, 1.82) is 5.26 Å². The molecule has 1 N–H and O–H groups in total. The first kappa shape index (κ1) is 10.8. The van der Waals surface area contributed by atoms with Gasteiger partial charge in [0.25, 0.3) is 0 Å². The van der Waals surface area contributed by atoms with Gasteiger partial charge >= 0.3 is 6.03 Å². The zero-order valence-corrected chi connectivity index (χ0v) is 8.01. The van der Waals surface area contributed by atoms with Crippen LogP contribution < -0.4 is 5.32 Å². The molecule has 0 aromatic carbocycles. The Morgan fingerprint density at radius 1 is 1.67 bits per heavy atom. The number of carbonyl (C=O) groups excluding carboxylic acids is 1. The summed E-state index contributed by atoms with van der Waals surface area (Å²) in [5.41, 5.74) is -0.791. The van der Waals surface area contributed by atoms with Crippen LogP contribution in [0.4, 0.5) is 4.79 Å². The highest BCUT2D eigenvalue weighted by molar-refractivity contribution is 5.75. The fourth-order valence-electron chi connectivity index (χ4n) is 0.534. The zero-order valence-electron chi connectivity index (χ0n) is 8.01. The lowest BCUT2D eigenvalue weighted by atomic mass is 10.1. The van der Waals surface area contributed by atoms with E-state index in [2.05, 4.69) is 5.32 Å². The summed E-state index contributed by atoms with van der Waals surface area (Å²) in [4.78, 5) is 12.7. The SMILES string of the molecule is CCN(C)C(=O)NC(C)(C)C#N. The Labute approximate surface area is 73.2 Å². The van der Waals surface area contributed by atoms with E-state index in [1.807, 2.05) is 13.0 Å². The number of nitrogens with zero attached hydrogens (tertiary/aromatic N) is 2. The average Bonchev–Trinajstić information content (AvgIpc) is 2.02. The van der Waals surface area contributed by atoms with Crippen molar-refractivity contribution in [2.24, 2.45) is 0 Å². The van der Waals surface area contributed by atoms with Crippen molar-refractivity contribution < 1.29 is 4.79 Å². The minimum atomic E-state index is -0.791. The third-order valence-electron chi connectivity index (χ3n) is 1.52. The van der Waals surface area contributed by atoms with Crippen LogP contribution in [0.2, 0.25) is 0 Å². The predicted molar refractivity (Wildman–Crippen MR) is 46.5 cm³/mol. The molecule has 0 aliphatic heterocycles. The molecule has 0 aromatic heterocycles. The Bertz CT molecular complexity index is 205. The van der Waals surface area contributed by atoms with Gasteiger partial charge in [-0.2, -0.15) is 5.26 Å². The van der Waals surface area contributed by atoms with Crippen LogP contribution in [0.25, 0.3) is 0 Å². The Hall–Kier alpha value is -1.24. The monoisotopic (exact) mass is 169 g/mol. The predicted octanol–water partition coefficient (Wildman–Crippen LogP) is 0.950. The van der Waals surface area contributed by atoms with E-state index in [9.17, 15) is 4.79 Å². The molecule has 2 amide bonds. The maximum absolute atomic E-state index is 11.2. The first-order valence-electron chi connectivity index (χ1n) is 3.87. The molecule has 0 aliphatic carbocycles. The molecule has 0 aromatic rings. The minimum Gasteiger partial charge on any atom is -0.328 e. The average molecular weight is 169 g/mol. The summed E-state index contributed by atoms with van der Waals surface area (Å²) in [6, 6.07) is 1.77. The second-order valence-corrected chi connectivity index (χ2v) is 3.18.